The van der Waals surface area contributed by atoms with E-state index in [2.05, 4.69) is 10.3 Å². The van der Waals surface area contributed by atoms with Crippen LogP contribution in [0.5, 0.6) is 0 Å². The average Bonchev–Trinajstić information content (AvgIpc) is 3.22. The molecule has 1 aliphatic rings. The number of anilines is 1. The zero-order valence-electron chi connectivity index (χ0n) is 17.4. The number of carbonyl (C=O) groups is 2. The summed E-state index contributed by atoms with van der Waals surface area (Å²) in [5.74, 6) is -1.15. The van der Waals surface area contributed by atoms with Crippen LogP contribution in [0.3, 0.4) is 0 Å². The zero-order valence-corrected chi connectivity index (χ0v) is 18.2. The van der Waals surface area contributed by atoms with E-state index in [4.69, 9.17) is 0 Å². The standard InChI is InChI=1S/C24H23F2N3O2S/c25-19-8-6-16(7-9-19)13-22(30)29-10-2-4-18(15-29)23(31)28-24-27-14-21(32-24)12-17-3-1-5-20(26)11-17/h1,3,5-9,11,14,18H,2,4,10,12-13,15H2,(H,27,28,31). The fraction of sp³-hybridized carbons (Fsp3) is 0.292. The lowest BCUT2D eigenvalue weighted by Gasteiger charge is -2.32. The Balaban J connectivity index is 1.32. The van der Waals surface area contributed by atoms with E-state index in [1.165, 1.54) is 35.6 Å². The second kappa shape index (κ2) is 9.99. The number of thiazole rings is 1. The van der Waals surface area contributed by atoms with Crippen LogP contribution in [-0.2, 0) is 22.4 Å². The molecule has 1 saturated heterocycles. The maximum absolute atomic E-state index is 13.4. The van der Waals surface area contributed by atoms with Gasteiger partial charge in [-0.05, 0) is 48.2 Å². The van der Waals surface area contributed by atoms with E-state index in [0.717, 1.165) is 22.4 Å². The Hall–Kier alpha value is -3.13. The highest BCUT2D eigenvalue weighted by Gasteiger charge is 2.29. The summed E-state index contributed by atoms with van der Waals surface area (Å²) in [6.07, 6.45) is 3.86. The van der Waals surface area contributed by atoms with Gasteiger partial charge in [0.1, 0.15) is 11.6 Å². The van der Waals surface area contributed by atoms with Gasteiger partial charge in [-0.1, -0.05) is 24.3 Å². The molecule has 0 bridgehead atoms. The van der Waals surface area contributed by atoms with Crippen LogP contribution in [-0.4, -0.2) is 34.8 Å². The molecule has 2 aromatic carbocycles. The van der Waals surface area contributed by atoms with E-state index in [1.54, 1.807) is 29.3 Å². The molecule has 32 heavy (non-hydrogen) atoms. The largest absolute Gasteiger partial charge is 0.342 e. The molecule has 0 radical (unpaired) electrons. The van der Waals surface area contributed by atoms with Gasteiger partial charge in [0, 0.05) is 30.6 Å². The number of aromatic nitrogens is 1. The summed E-state index contributed by atoms with van der Waals surface area (Å²) in [5, 5.41) is 3.36. The lowest BCUT2D eigenvalue weighted by atomic mass is 9.96. The van der Waals surface area contributed by atoms with Crippen molar-refractivity contribution in [3.05, 3.63) is 82.4 Å². The van der Waals surface area contributed by atoms with Crippen molar-refractivity contribution in [2.75, 3.05) is 18.4 Å². The number of nitrogens with zero attached hydrogens (tertiary/aromatic N) is 2. The number of hydrogen-bond acceptors (Lipinski definition) is 4. The summed E-state index contributed by atoms with van der Waals surface area (Å²) in [5.41, 5.74) is 1.59. The van der Waals surface area contributed by atoms with Crippen LogP contribution in [0.1, 0.15) is 28.8 Å². The molecule has 0 saturated carbocycles. The molecule has 1 aromatic heterocycles. The summed E-state index contributed by atoms with van der Waals surface area (Å²) in [6, 6.07) is 12.3. The lowest BCUT2D eigenvalue weighted by Crippen LogP contribution is -2.44. The minimum Gasteiger partial charge on any atom is -0.342 e. The SMILES string of the molecule is O=C(Nc1ncc(Cc2cccc(F)c2)s1)C1CCCN(C(=O)Cc2ccc(F)cc2)C1. The topological polar surface area (TPSA) is 62.3 Å². The van der Waals surface area contributed by atoms with Crippen LogP contribution in [0.2, 0.25) is 0 Å². The van der Waals surface area contributed by atoms with E-state index in [-0.39, 0.29) is 35.8 Å². The van der Waals surface area contributed by atoms with Gasteiger partial charge in [0.25, 0.3) is 0 Å². The third kappa shape index (κ3) is 5.76. The molecule has 1 fully saturated rings. The Morgan fingerprint density at radius 2 is 1.91 bits per heavy atom. The Labute approximate surface area is 189 Å². The van der Waals surface area contributed by atoms with Crippen molar-refractivity contribution < 1.29 is 18.4 Å². The molecule has 4 rings (SSSR count). The molecular weight excluding hydrogens is 432 g/mol. The first kappa shape index (κ1) is 22.1. The number of hydrogen-bond donors (Lipinski definition) is 1. The Morgan fingerprint density at radius 1 is 1.09 bits per heavy atom. The summed E-state index contributed by atoms with van der Waals surface area (Å²) in [6.45, 7) is 0.965. The molecule has 1 N–H and O–H groups in total. The molecule has 2 amide bonds. The lowest BCUT2D eigenvalue weighted by molar-refractivity contribution is -0.133. The molecule has 1 atom stereocenters. The second-order valence-electron chi connectivity index (χ2n) is 7.91. The fourth-order valence-electron chi connectivity index (χ4n) is 3.81. The summed E-state index contributed by atoms with van der Waals surface area (Å²) < 4.78 is 26.4. The van der Waals surface area contributed by atoms with Gasteiger partial charge in [-0.2, -0.15) is 0 Å². The van der Waals surface area contributed by atoms with Crippen LogP contribution < -0.4 is 5.32 Å². The van der Waals surface area contributed by atoms with Crippen molar-refractivity contribution in [3.8, 4) is 0 Å². The van der Waals surface area contributed by atoms with Gasteiger partial charge in [-0.15, -0.1) is 11.3 Å². The number of piperidine rings is 1. The molecule has 2 heterocycles. The molecular formula is C24H23F2N3O2S. The summed E-state index contributed by atoms with van der Waals surface area (Å²) in [4.78, 5) is 32.3. The van der Waals surface area contributed by atoms with E-state index >= 15 is 0 Å². The highest BCUT2D eigenvalue weighted by atomic mass is 32.1. The van der Waals surface area contributed by atoms with Gasteiger partial charge in [-0.25, -0.2) is 13.8 Å². The fourth-order valence-corrected chi connectivity index (χ4v) is 4.66. The minimum atomic E-state index is -0.336. The van der Waals surface area contributed by atoms with E-state index in [1.807, 2.05) is 6.07 Å². The Morgan fingerprint density at radius 3 is 2.69 bits per heavy atom. The highest BCUT2D eigenvalue weighted by molar-refractivity contribution is 7.15. The average molecular weight is 456 g/mol. The summed E-state index contributed by atoms with van der Waals surface area (Å²) in [7, 11) is 0. The van der Waals surface area contributed by atoms with Crippen molar-refractivity contribution in [1.29, 1.82) is 0 Å². The van der Waals surface area contributed by atoms with E-state index in [0.29, 0.717) is 31.1 Å². The predicted octanol–water partition coefficient (Wildman–Crippen LogP) is 4.43. The van der Waals surface area contributed by atoms with Crippen LogP contribution in [0.4, 0.5) is 13.9 Å². The van der Waals surface area contributed by atoms with Gasteiger partial charge in [-0.3, -0.25) is 9.59 Å². The predicted molar refractivity (Wildman–Crippen MR) is 119 cm³/mol. The third-order valence-corrected chi connectivity index (χ3v) is 6.38. The van der Waals surface area contributed by atoms with Crippen molar-refractivity contribution in [3.63, 3.8) is 0 Å². The molecule has 0 aliphatic carbocycles. The molecule has 1 unspecified atom stereocenters. The molecule has 3 aromatic rings. The maximum atomic E-state index is 13.4. The number of rotatable bonds is 6. The van der Waals surface area contributed by atoms with Crippen molar-refractivity contribution >= 4 is 28.3 Å². The minimum absolute atomic E-state index is 0.0688. The van der Waals surface area contributed by atoms with Gasteiger partial charge < -0.3 is 10.2 Å². The van der Waals surface area contributed by atoms with Crippen molar-refractivity contribution in [2.24, 2.45) is 5.92 Å². The van der Waals surface area contributed by atoms with Crippen molar-refractivity contribution in [1.82, 2.24) is 9.88 Å². The first-order valence-corrected chi connectivity index (χ1v) is 11.3. The monoisotopic (exact) mass is 455 g/mol. The second-order valence-corrected chi connectivity index (χ2v) is 9.03. The molecule has 8 heteroatoms. The molecule has 166 valence electrons. The smallest absolute Gasteiger partial charge is 0.231 e. The van der Waals surface area contributed by atoms with Gasteiger partial charge in [0.15, 0.2) is 5.13 Å². The number of halogens is 2. The van der Waals surface area contributed by atoms with Crippen LogP contribution in [0.25, 0.3) is 0 Å². The van der Waals surface area contributed by atoms with Crippen LogP contribution in [0.15, 0.2) is 54.7 Å². The maximum Gasteiger partial charge on any atom is 0.231 e. The number of amides is 2. The molecule has 1 aliphatic heterocycles. The summed E-state index contributed by atoms with van der Waals surface area (Å²) >= 11 is 1.36. The Kier molecular flexibility index (Phi) is 6.90. The number of likely N-dealkylation sites (tertiary alicyclic amines) is 1. The molecule has 5 nitrogen and oxygen atoms in total. The quantitative estimate of drug-likeness (QED) is 0.598. The van der Waals surface area contributed by atoms with Crippen LogP contribution >= 0.6 is 11.3 Å². The Bertz CT molecular complexity index is 1100. The highest BCUT2D eigenvalue weighted by Crippen LogP contribution is 2.24. The van der Waals surface area contributed by atoms with Gasteiger partial charge in [0.05, 0.1) is 12.3 Å². The first-order chi connectivity index (χ1) is 15.5. The van der Waals surface area contributed by atoms with E-state index < -0.39 is 0 Å². The first-order valence-electron chi connectivity index (χ1n) is 10.5. The number of benzene rings is 2. The van der Waals surface area contributed by atoms with Gasteiger partial charge >= 0.3 is 0 Å². The van der Waals surface area contributed by atoms with E-state index in [9.17, 15) is 18.4 Å². The number of carbonyl (C=O) groups excluding carboxylic acids is 2. The zero-order chi connectivity index (χ0) is 22.5. The van der Waals surface area contributed by atoms with Gasteiger partial charge in [0.2, 0.25) is 11.8 Å². The van der Waals surface area contributed by atoms with Crippen molar-refractivity contribution in [2.45, 2.75) is 25.7 Å². The number of nitrogens with one attached hydrogen (secondary N) is 1. The molecule has 0 spiro atoms. The normalized spacial score (nSPS) is 16.1. The third-order valence-electron chi connectivity index (χ3n) is 5.46. The van der Waals surface area contributed by atoms with Crippen LogP contribution in [0, 0.1) is 17.6 Å².